The molecule has 0 heterocycles. The van der Waals surface area contributed by atoms with Crippen LogP contribution in [0.1, 0.15) is 16.7 Å². The van der Waals surface area contributed by atoms with Gasteiger partial charge in [0.1, 0.15) is 0 Å². The minimum atomic E-state index is 0.740. The van der Waals surface area contributed by atoms with E-state index < -0.39 is 0 Å². The number of allylic oxidation sites excluding steroid dienone is 1. The molecule has 1 aromatic rings. The van der Waals surface area contributed by atoms with Gasteiger partial charge >= 0.3 is 0 Å². The highest BCUT2D eigenvalue weighted by Crippen LogP contribution is 2.22. The molecular formula is C12H9Br. The third kappa shape index (κ3) is 1.68. The quantitative estimate of drug-likeness (QED) is 0.477. The third-order valence-corrected chi connectivity index (χ3v) is 2.40. The summed E-state index contributed by atoms with van der Waals surface area (Å²) < 4.78 is 0. The second-order valence-electron chi connectivity index (χ2n) is 2.92. The van der Waals surface area contributed by atoms with E-state index >= 15 is 0 Å². The lowest BCUT2D eigenvalue weighted by atomic mass is 10.0. The molecule has 1 aliphatic rings. The highest BCUT2D eigenvalue weighted by Gasteiger charge is 2.07. The molecule has 0 radical (unpaired) electrons. The van der Waals surface area contributed by atoms with Crippen LogP contribution in [0.4, 0.5) is 0 Å². The summed E-state index contributed by atoms with van der Waals surface area (Å²) >= 11 is 3.30. The van der Waals surface area contributed by atoms with Crippen LogP contribution in [-0.2, 0) is 6.42 Å². The second-order valence-corrected chi connectivity index (χ2v) is 3.48. The molecule has 0 saturated carbocycles. The van der Waals surface area contributed by atoms with Crippen LogP contribution in [-0.4, -0.2) is 5.33 Å². The van der Waals surface area contributed by atoms with Crippen molar-refractivity contribution in [1.29, 1.82) is 0 Å². The number of fused-ring (bicyclic) bond motifs is 1. The first-order valence-corrected chi connectivity index (χ1v) is 5.37. The van der Waals surface area contributed by atoms with Crippen molar-refractivity contribution in [3.63, 3.8) is 0 Å². The standard InChI is InChI=1S/C12H9Br/c13-9-3-7-11-5-1-4-10-6-2-8-12(10)11/h1-2,4-6H,8-9H2. The van der Waals surface area contributed by atoms with E-state index in [0.29, 0.717) is 0 Å². The SMILES string of the molecule is BrCC#Cc1cccc2c1CC=C2. The average molecular weight is 233 g/mol. The van der Waals surface area contributed by atoms with Gasteiger partial charge in [0.15, 0.2) is 0 Å². The Morgan fingerprint density at radius 3 is 3.15 bits per heavy atom. The minimum absolute atomic E-state index is 0.740. The normalized spacial score (nSPS) is 12.1. The van der Waals surface area contributed by atoms with E-state index in [-0.39, 0.29) is 0 Å². The second kappa shape index (κ2) is 3.81. The monoisotopic (exact) mass is 232 g/mol. The number of hydrogen-bond donors (Lipinski definition) is 0. The van der Waals surface area contributed by atoms with Crippen molar-refractivity contribution in [2.24, 2.45) is 0 Å². The van der Waals surface area contributed by atoms with Gasteiger partial charge in [-0.1, -0.05) is 52.1 Å². The van der Waals surface area contributed by atoms with E-state index in [1.54, 1.807) is 0 Å². The Labute approximate surface area is 86.8 Å². The molecule has 0 amide bonds. The fourth-order valence-corrected chi connectivity index (χ4v) is 1.68. The predicted octanol–water partition coefficient (Wildman–Crippen LogP) is 3.00. The van der Waals surface area contributed by atoms with Crippen LogP contribution in [0.2, 0.25) is 0 Å². The molecule has 0 aliphatic heterocycles. The summed E-state index contributed by atoms with van der Waals surface area (Å²) in [5.41, 5.74) is 3.86. The van der Waals surface area contributed by atoms with Crippen LogP contribution in [0, 0.1) is 11.8 Å². The van der Waals surface area contributed by atoms with E-state index in [4.69, 9.17) is 0 Å². The molecule has 0 saturated heterocycles. The van der Waals surface area contributed by atoms with Gasteiger partial charge in [0.05, 0.1) is 5.33 Å². The van der Waals surface area contributed by atoms with Gasteiger partial charge in [-0.3, -0.25) is 0 Å². The molecule has 0 nitrogen and oxygen atoms in total. The van der Waals surface area contributed by atoms with Crippen molar-refractivity contribution in [1.82, 2.24) is 0 Å². The van der Waals surface area contributed by atoms with E-state index in [0.717, 1.165) is 11.8 Å². The van der Waals surface area contributed by atoms with Gasteiger partial charge in [0, 0.05) is 5.56 Å². The number of hydrogen-bond acceptors (Lipinski definition) is 0. The van der Waals surface area contributed by atoms with Crippen molar-refractivity contribution in [2.75, 3.05) is 5.33 Å². The molecule has 0 spiro atoms. The molecule has 1 aromatic carbocycles. The number of alkyl halides is 1. The molecule has 0 bridgehead atoms. The Morgan fingerprint density at radius 1 is 1.38 bits per heavy atom. The summed E-state index contributed by atoms with van der Waals surface area (Å²) in [4.78, 5) is 0. The van der Waals surface area contributed by atoms with Crippen LogP contribution < -0.4 is 0 Å². The lowest BCUT2D eigenvalue weighted by Gasteiger charge is -2.00. The van der Waals surface area contributed by atoms with Gasteiger partial charge in [0.2, 0.25) is 0 Å². The molecule has 0 fully saturated rings. The molecule has 64 valence electrons. The number of benzene rings is 1. The largest absolute Gasteiger partial charge is 0.0863 e. The maximum Gasteiger partial charge on any atom is 0.0649 e. The molecule has 0 unspecified atom stereocenters. The van der Waals surface area contributed by atoms with Gasteiger partial charge in [-0.15, -0.1) is 0 Å². The average Bonchev–Trinajstić information content (AvgIpc) is 2.62. The summed E-state index contributed by atoms with van der Waals surface area (Å²) in [6.07, 6.45) is 5.38. The lowest BCUT2D eigenvalue weighted by molar-refractivity contribution is 1.29. The fraction of sp³-hybridized carbons (Fsp3) is 0.167. The Kier molecular flexibility index (Phi) is 2.52. The minimum Gasteiger partial charge on any atom is -0.0863 e. The molecule has 0 aromatic heterocycles. The van der Waals surface area contributed by atoms with E-state index in [2.05, 4.69) is 58.1 Å². The van der Waals surface area contributed by atoms with Crippen LogP contribution in [0.5, 0.6) is 0 Å². The zero-order valence-corrected chi connectivity index (χ0v) is 8.76. The van der Waals surface area contributed by atoms with Crippen molar-refractivity contribution in [3.8, 4) is 11.8 Å². The fourth-order valence-electron chi connectivity index (χ4n) is 1.54. The van der Waals surface area contributed by atoms with Gasteiger partial charge < -0.3 is 0 Å². The number of rotatable bonds is 0. The smallest absolute Gasteiger partial charge is 0.0649 e. The van der Waals surface area contributed by atoms with Gasteiger partial charge in [-0.05, 0) is 23.6 Å². The molecular weight excluding hydrogens is 224 g/mol. The summed E-state index contributed by atoms with van der Waals surface area (Å²) in [6.45, 7) is 0. The van der Waals surface area contributed by atoms with Crippen LogP contribution in [0.25, 0.3) is 6.08 Å². The first-order valence-electron chi connectivity index (χ1n) is 4.25. The highest BCUT2D eigenvalue weighted by atomic mass is 79.9. The molecule has 2 rings (SSSR count). The van der Waals surface area contributed by atoms with Crippen LogP contribution in [0.3, 0.4) is 0 Å². The predicted molar refractivity (Wildman–Crippen MR) is 59.9 cm³/mol. The molecule has 0 atom stereocenters. The summed E-state index contributed by atoms with van der Waals surface area (Å²) in [5.74, 6) is 6.19. The Balaban J connectivity index is 2.44. The molecule has 13 heavy (non-hydrogen) atoms. The third-order valence-electron chi connectivity index (χ3n) is 2.12. The zero-order valence-electron chi connectivity index (χ0n) is 7.18. The van der Waals surface area contributed by atoms with Crippen molar-refractivity contribution >= 4 is 22.0 Å². The lowest BCUT2D eigenvalue weighted by Crippen LogP contribution is -1.87. The Hall–Kier alpha value is -1.00. The first kappa shape index (κ1) is 8.59. The van der Waals surface area contributed by atoms with E-state index in [1.807, 2.05) is 0 Å². The van der Waals surface area contributed by atoms with E-state index in [9.17, 15) is 0 Å². The topological polar surface area (TPSA) is 0 Å². The summed E-state index contributed by atoms with van der Waals surface area (Å²) in [6, 6.07) is 6.28. The highest BCUT2D eigenvalue weighted by molar-refractivity contribution is 9.09. The van der Waals surface area contributed by atoms with Gasteiger partial charge in [-0.25, -0.2) is 0 Å². The molecule has 0 N–H and O–H groups in total. The van der Waals surface area contributed by atoms with Crippen molar-refractivity contribution in [3.05, 3.63) is 41.0 Å². The van der Waals surface area contributed by atoms with Crippen LogP contribution in [0.15, 0.2) is 24.3 Å². The number of halogens is 1. The van der Waals surface area contributed by atoms with Crippen molar-refractivity contribution in [2.45, 2.75) is 6.42 Å². The summed E-state index contributed by atoms with van der Waals surface area (Å²) in [7, 11) is 0. The summed E-state index contributed by atoms with van der Waals surface area (Å²) in [5, 5.41) is 0.740. The molecule has 1 aliphatic carbocycles. The Morgan fingerprint density at radius 2 is 2.31 bits per heavy atom. The first-order chi connectivity index (χ1) is 6.42. The van der Waals surface area contributed by atoms with Crippen LogP contribution >= 0.6 is 15.9 Å². The zero-order chi connectivity index (χ0) is 9.10. The van der Waals surface area contributed by atoms with Gasteiger partial charge in [0.25, 0.3) is 0 Å². The maximum absolute atomic E-state index is 3.30. The van der Waals surface area contributed by atoms with Gasteiger partial charge in [-0.2, -0.15) is 0 Å². The maximum atomic E-state index is 3.30. The Bertz CT molecular complexity index is 405. The van der Waals surface area contributed by atoms with E-state index in [1.165, 1.54) is 16.7 Å². The molecule has 1 heteroatoms. The van der Waals surface area contributed by atoms with Crippen molar-refractivity contribution < 1.29 is 0 Å².